The molecule has 1 fully saturated rings. The van der Waals surface area contributed by atoms with Gasteiger partial charge in [0.2, 0.25) is 5.91 Å². The zero-order valence-corrected chi connectivity index (χ0v) is 13.0. The monoisotopic (exact) mass is 294 g/mol. The number of amides is 1. The highest BCUT2D eigenvalue weighted by Crippen LogP contribution is 2.28. The van der Waals surface area contributed by atoms with Crippen LogP contribution in [0.15, 0.2) is 54.6 Å². The molecule has 0 atom stereocenters. The van der Waals surface area contributed by atoms with Gasteiger partial charge in [-0.25, -0.2) is 0 Å². The first-order valence-corrected chi connectivity index (χ1v) is 7.85. The molecule has 2 aromatic carbocycles. The fraction of sp³-hybridized carbons (Fsp3) is 0.316. The molecule has 0 aromatic heterocycles. The Morgan fingerprint density at radius 1 is 1.09 bits per heavy atom. The van der Waals surface area contributed by atoms with Crippen molar-refractivity contribution in [2.24, 2.45) is 0 Å². The van der Waals surface area contributed by atoms with Gasteiger partial charge in [-0.3, -0.25) is 9.69 Å². The Labute approximate surface area is 132 Å². The van der Waals surface area contributed by atoms with E-state index in [1.807, 2.05) is 49.4 Å². The zero-order valence-electron chi connectivity index (χ0n) is 13.0. The Morgan fingerprint density at radius 2 is 1.77 bits per heavy atom. The smallest absolute Gasteiger partial charge is 0.238 e. The number of nitrogens with zero attached hydrogens (tertiary/aromatic N) is 1. The van der Waals surface area contributed by atoms with Crippen LogP contribution in [0.5, 0.6) is 0 Å². The molecule has 2 aromatic rings. The molecular weight excluding hydrogens is 272 g/mol. The van der Waals surface area contributed by atoms with Gasteiger partial charge in [-0.05, 0) is 37.5 Å². The second-order valence-electron chi connectivity index (χ2n) is 6.04. The van der Waals surface area contributed by atoms with Crippen molar-refractivity contribution in [2.45, 2.75) is 32.4 Å². The second kappa shape index (κ2) is 6.75. The Balaban J connectivity index is 1.59. The second-order valence-corrected chi connectivity index (χ2v) is 6.04. The van der Waals surface area contributed by atoms with Gasteiger partial charge in [-0.2, -0.15) is 0 Å². The number of aryl methyl sites for hydroxylation is 1. The minimum Gasteiger partial charge on any atom is -0.325 e. The van der Waals surface area contributed by atoms with Crippen molar-refractivity contribution in [3.63, 3.8) is 0 Å². The van der Waals surface area contributed by atoms with E-state index < -0.39 is 0 Å². The molecule has 3 heteroatoms. The predicted octanol–water partition coefficient (Wildman–Crippen LogP) is 3.60. The highest BCUT2D eigenvalue weighted by Gasteiger charge is 2.30. The first-order chi connectivity index (χ1) is 10.7. The molecule has 114 valence electrons. The Hall–Kier alpha value is -2.13. The molecule has 3 rings (SSSR count). The summed E-state index contributed by atoms with van der Waals surface area (Å²) >= 11 is 0. The first-order valence-electron chi connectivity index (χ1n) is 7.85. The lowest BCUT2D eigenvalue weighted by molar-refractivity contribution is -0.117. The molecule has 1 aliphatic carbocycles. The number of nitrogens with one attached hydrogen (secondary N) is 1. The summed E-state index contributed by atoms with van der Waals surface area (Å²) in [7, 11) is 0. The molecule has 1 aliphatic rings. The largest absolute Gasteiger partial charge is 0.325 e. The van der Waals surface area contributed by atoms with Gasteiger partial charge in [0, 0.05) is 18.3 Å². The van der Waals surface area contributed by atoms with E-state index in [0.29, 0.717) is 12.6 Å². The predicted molar refractivity (Wildman–Crippen MR) is 89.7 cm³/mol. The lowest BCUT2D eigenvalue weighted by Gasteiger charge is -2.21. The van der Waals surface area contributed by atoms with E-state index in [2.05, 4.69) is 22.3 Å². The van der Waals surface area contributed by atoms with Crippen molar-refractivity contribution in [1.82, 2.24) is 4.90 Å². The van der Waals surface area contributed by atoms with Crippen LogP contribution in [0, 0.1) is 6.92 Å². The summed E-state index contributed by atoms with van der Waals surface area (Å²) in [5.74, 6) is 0.0617. The minimum atomic E-state index is 0.0617. The van der Waals surface area contributed by atoms with Gasteiger partial charge in [-0.15, -0.1) is 0 Å². The number of hydrogen-bond donors (Lipinski definition) is 1. The van der Waals surface area contributed by atoms with Crippen molar-refractivity contribution in [3.05, 3.63) is 65.7 Å². The lowest BCUT2D eigenvalue weighted by Crippen LogP contribution is -2.34. The normalized spacial score (nSPS) is 14.1. The Morgan fingerprint density at radius 3 is 2.41 bits per heavy atom. The van der Waals surface area contributed by atoms with Crippen molar-refractivity contribution in [2.75, 3.05) is 11.9 Å². The van der Waals surface area contributed by atoms with Gasteiger partial charge in [0.05, 0.1) is 6.54 Å². The molecule has 0 saturated heterocycles. The zero-order chi connectivity index (χ0) is 15.4. The first kappa shape index (κ1) is 14.8. The minimum absolute atomic E-state index is 0.0617. The summed E-state index contributed by atoms with van der Waals surface area (Å²) in [5.41, 5.74) is 3.32. The van der Waals surface area contributed by atoms with E-state index >= 15 is 0 Å². The Bertz CT molecular complexity index is 618. The average molecular weight is 294 g/mol. The van der Waals surface area contributed by atoms with E-state index in [0.717, 1.165) is 12.2 Å². The van der Waals surface area contributed by atoms with Crippen LogP contribution in [0.3, 0.4) is 0 Å². The van der Waals surface area contributed by atoms with Gasteiger partial charge in [-0.1, -0.05) is 48.0 Å². The third kappa shape index (κ3) is 4.18. The highest BCUT2D eigenvalue weighted by molar-refractivity contribution is 5.92. The quantitative estimate of drug-likeness (QED) is 0.883. The summed E-state index contributed by atoms with van der Waals surface area (Å²) in [5, 5.41) is 2.99. The molecule has 0 bridgehead atoms. The molecule has 1 saturated carbocycles. The maximum absolute atomic E-state index is 12.3. The number of anilines is 1. The number of carbonyl (C=O) groups is 1. The van der Waals surface area contributed by atoms with Crippen molar-refractivity contribution in [3.8, 4) is 0 Å². The van der Waals surface area contributed by atoms with E-state index in [4.69, 9.17) is 0 Å². The van der Waals surface area contributed by atoms with E-state index in [-0.39, 0.29) is 5.91 Å². The number of hydrogen-bond acceptors (Lipinski definition) is 2. The van der Waals surface area contributed by atoms with Crippen LogP contribution in [0.2, 0.25) is 0 Å². The maximum Gasteiger partial charge on any atom is 0.238 e. The molecule has 0 heterocycles. The molecule has 1 amide bonds. The fourth-order valence-electron chi connectivity index (χ4n) is 2.59. The van der Waals surface area contributed by atoms with Crippen molar-refractivity contribution in [1.29, 1.82) is 0 Å². The molecule has 22 heavy (non-hydrogen) atoms. The summed E-state index contributed by atoms with van der Waals surface area (Å²) in [6, 6.07) is 18.8. The van der Waals surface area contributed by atoms with Crippen LogP contribution in [-0.4, -0.2) is 23.4 Å². The third-order valence-electron chi connectivity index (χ3n) is 3.97. The number of rotatable bonds is 6. The molecule has 0 radical (unpaired) electrons. The molecule has 3 nitrogen and oxygen atoms in total. The number of carbonyl (C=O) groups excluding carboxylic acids is 1. The van der Waals surface area contributed by atoms with E-state index in [9.17, 15) is 4.79 Å². The van der Waals surface area contributed by atoms with Crippen LogP contribution in [0.4, 0.5) is 5.69 Å². The Kier molecular flexibility index (Phi) is 4.54. The standard InChI is InChI=1S/C19H22N2O/c1-15-7-9-17(10-8-15)20-19(22)14-21(18-11-12-18)13-16-5-3-2-4-6-16/h2-10,18H,11-14H2,1H3,(H,20,22). The summed E-state index contributed by atoms with van der Waals surface area (Å²) < 4.78 is 0. The highest BCUT2D eigenvalue weighted by atomic mass is 16.2. The van der Waals surface area contributed by atoms with Gasteiger partial charge in [0.25, 0.3) is 0 Å². The van der Waals surface area contributed by atoms with Crippen LogP contribution in [-0.2, 0) is 11.3 Å². The van der Waals surface area contributed by atoms with Crippen LogP contribution in [0.1, 0.15) is 24.0 Å². The molecule has 0 spiro atoms. The lowest BCUT2D eigenvalue weighted by atomic mass is 10.2. The third-order valence-corrected chi connectivity index (χ3v) is 3.97. The van der Waals surface area contributed by atoms with Gasteiger partial charge in [0.15, 0.2) is 0 Å². The van der Waals surface area contributed by atoms with Crippen LogP contribution >= 0.6 is 0 Å². The van der Waals surface area contributed by atoms with Gasteiger partial charge in [0.1, 0.15) is 0 Å². The van der Waals surface area contributed by atoms with Gasteiger partial charge >= 0.3 is 0 Å². The molecule has 0 unspecified atom stereocenters. The molecular formula is C19H22N2O. The SMILES string of the molecule is Cc1ccc(NC(=O)CN(Cc2ccccc2)C2CC2)cc1. The van der Waals surface area contributed by atoms with E-state index in [1.54, 1.807) is 0 Å². The molecule has 1 N–H and O–H groups in total. The summed E-state index contributed by atoms with van der Waals surface area (Å²) in [6.07, 6.45) is 2.40. The summed E-state index contributed by atoms with van der Waals surface area (Å²) in [4.78, 5) is 14.6. The van der Waals surface area contributed by atoms with Gasteiger partial charge < -0.3 is 5.32 Å². The number of benzene rings is 2. The molecule has 0 aliphatic heterocycles. The fourth-order valence-corrected chi connectivity index (χ4v) is 2.59. The van der Waals surface area contributed by atoms with Crippen molar-refractivity contribution >= 4 is 11.6 Å². The van der Waals surface area contributed by atoms with Crippen LogP contribution in [0.25, 0.3) is 0 Å². The van der Waals surface area contributed by atoms with Crippen LogP contribution < -0.4 is 5.32 Å². The van der Waals surface area contributed by atoms with Crippen molar-refractivity contribution < 1.29 is 4.79 Å². The average Bonchev–Trinajstić information content (AvgIpc) is 3.35. The maximum atomic E-state index is 12.3. The summed E-state index contributed by atoms with van der Waals surface area (Å²) in [6.45, 7) is 3.33. The topological polar surface area (TPSA) is 32.3 Å². The van der Waals surface area contributed by atoms with E-state index in [1.165, 1.54) is 24.0 Å².